The summed E-state index contributed by atoms with van der Waals surface area (Å²) >= 11 is 0. The number of carbonyl (C=O) groups is 1. The van der Waals surface area contributed by atoms with Gasteiger partial charge in [-0.05, 0) is 49.8 Å². The number of carbonyl (C=O) groups excluding carboxylic acids is 1. The van der Waals surface area contributed by atoms with Gasteiger partial charge in [-0.3, -0.25) is 4.79 Å². The molecule has 0 bridgehead atoms. The number of aromatic nitrogens is 1. The van der Waals surface area contributed by atoms with Crippen LogP contribution in [-0.4, -0.2) is 53.8 Å². The fraction of sp³-hybridized carbons (Fsp3) is 0.379. The van der Waals surface area contributed by atoms with Crippen LogP contribution in [0.25, 0.3) is 11.1 Å². The molecule has 3 rings (SSSR count). The average Bonchev–Trinajstić information content (AvgIpc) is 2.89. The summed E-state index contributed by atoms with van der Waals surface area (Å²) in [4.78, 5) is 19.3. The van der Waals surface area contributed by atoms with Gasteiger partial charge in [-0.1, -0.05) is 49.7 Å². The van der Waals surface area contributed by atoms with Crippen LogP contribution in [0.5, 0.6) is 23.1 Å². The van der Waals surface area contributed by atoms with Crippen molar-refractivity contribution in [2.45, 2.75) is 45.4 Å². The van der Waals surface area contributed by atoms with Crippen molar-refractivity contribution in [3.8, 4) is 34.3 Å². The van der Waals surface area contributed by atoms with Crippen LogP contribution in [0, 0.1) is 0 Å². The van der Waals surface area contributed by atoms with Crippen LogP contribution in [0.4, 0.5) is 0 Å². The van der Waals surface area contributed by atoms with E-state index in [1.54, 1.807) is 25.2 Å². The van der Waals surface area contributed by atoms with Gasteiger partial charge in [-0.15, -0.1) is 0 Å². The van der Waals surface area contributed by atoms with Crippen molar-refractivity contribution in [1.82, 2.24) is 9.88 Å². The topological polar surface area (TPSA) is 92.1 Å². The largest absolute Gasteiger partial charge is 0.506 e. The molecular weight excluding hydrogens is 456 g/mol. The maximum atomic E-state index is 13.4. The SMILES string of the molecule is CCCCc1nc(O)c(C(=O)N(C)CCCCc2ccccc2)c(O)c1-c1c(OC)cccc1OC. The molecule has 3 aromatic rings. The second-order valence-electron chi connectivity index (χ2n) is 8.79. The van der Waals surface area contributed by atoms with Gasteiger partial charge in [0.1, 0.15) is 22.8 Å². The van der Waals surface area contributed by atoms with E-state index >= 15 is 0 Å². The Bertz CT molecular complexity index is 1140. The lowest BCUT2D eigenvalue weighted by atomic mass is 9.95. The minimum Gasteiger partial charge on any atom is -0.506 e. The van der Waals surface area contributed by atoms with Gasteiger partial charge < -0.3 is 24.6 Å². The Morgan fingerprint density at radius 1 is 0.889 bits per heavy atom. The van der Waals surface area contributed by atoms with Crippen LogP contribution < -0.4 is 9.47 Å². The molecule has 7 nitrogen and oxygen atoms in total. The molecule has 1 aromatic heterocycles. The van der Waals surface area contributed by atoms with Crippen LogP contribution >= 0.6 is 0 Å². The quantitative estimate of drug-likeness (QED) is 0.319. The Hall–Kier alpha value is -3.74. The molecule has 1 heterocycles. The van der Waals surface area contributed by atoms with E-state index in [2.05, 4.69) is 17.1 Å². The summed E-state index contributed by atoms with van der Waals surface area (Å²) in [5.74, 6) is -0.339. The zero-order valence-electron chi connectivity index (χ0n) is 21.6. The number of amides is 1. The first kappa shape index (κ1) is 26.9. The molecule has 0 aliphatic rings. The number of hydrogen-bond donors (Lipinski definition) is 2. The molecule has 0 aliphatic heterocycles. The summed E-state index contributed by atoms with van der Waals surface area (Å²) < 4.78 is 11.1. The average molecular weight is 493 g/mol. The van der Waals surface area contributed by atoms with E-state index in [9.17, 15) is 15.0 Å². The van der Waals surface area contributed by atoms with E-state index in [1.807, 2.05) is 25.1 Å². The Morgan fingerprint density at radius 2 is 1.56 bits per heavy atom. The lowest BCUT2D eigenvalue weighted by Gasteiger charge is -2.22. The van der Waals surface area contributed by atoms with Gasteiger partial charge in [0, 0.05) is 13.6 Å². The number of hydrogen-bond acceptors (Lipinski definition) is 6. The fourth-order valence-electron chi connectivity index (χ4n) is 4.30. The van der Waals surface area contributed by atoms with Crippen LogP contribution in [0.2, 0.25) is 0 Å². The molecule has 0 unspecified atom stereocenters. The minimum atomic E-state index is -0.491. The van der Waals surface area contributed by atoms with Gasteiger partial charge in [0.05, 0.1) is 31.0 Å². The van der Waals surface area contributed by atoms with Crippen molar-refractivity contribution in [2.75, 3.05) is 27.8 Å². The zero-order chi connectivity index (χ0) is 26.1. The van der Waals surface area contributed by atoms with Crippen molar-refractivity contribution in [2.24, 2.45) is 0 Å². The van der Waals surface area contributed by atoms with Crippen molar-refractivity contribution in [3.05, 3.63) is 65.4 Å². The van der Waals surface area contributed by atoms with E-state index in [0.29, 0.717) is 41.3 Å². The van der Waals surface area contributed by atoms with E-state index in [1.165, 1.54) is 24.7 Å². The molecule has 0 saturated heterocycles. The molecule has 0 saturated carbocycles. The monoisotopic (exact) mass is 492 g/mol. The predicted molar refractivity (Wildman–Crippen MR) is 141 cm³/mol. The highest BCUT2D eigenvalue weighted by Crippen LogP contribution is 2.47. The van der Waals surface area contributed by atoms with Gasteiger partial charge in [-0.2, -0.15) is 0 Å². The smallest absolute Gasteiger partial charge is 0.262 e. The number of rotatable bonds is 12. The molecule has 0 fully saturated rings. The van der Waals surface area contributed by atoms with Gasteiger partial charge in [0.15, 0.2) is 0 Å². The first-order valence-electron chi connectivity index (χ1n) is 12.4. The van der Waals surface area contributed by atoms with Crippen LogP contribution in [-0.2, 0) is 12.8 Å². The summed E-state index contributed by atoms with van der Waals surface area (Å²) in [6, 6.07) is 15.5. The van der Waals surface area contributed by atoms with Gasteiger partial charge in [0.2, 0.25) is 5.88 Å². The fourth-order valence-corrected chi connectivity index (χ4v) is 4.30. The molecule has 7 heteroatoms. The number of aryl methyl sites for hydroxylation is 2. The molecule has 0 aliphatic carbocycles. The van der Waals surface area contributed by atoms with E-state index < -0.39 is 11.8 Å². The number of pyridine rings is 1. The molecule has 0 atom stereocenters. The highest BCUT2D eigenvalue weighted by atomic mass is 16.5. The third-order valence-corrected chi connectivity index (χ3v) is 6.28. The zero-order valence-corrected chi connectivity index (χ0v) is 21.6. The molecule has 0 spiro atoms. The predicted octanol–water partition coefficient (Wildman–Crippen LogP) is 5.61. The lowest BCUT2D eigenvalue weighted by molar-refractivity contribution is 0.0785. The van der Waals surface area contributed by atoms with Gasteiger partial charge in [0.25, 0.3) is 5.91 Å². The third-order valence-electron chi connectivity index (χ3n) is 6.28. The number of ether oxygens (including phenoxy) is 2. The third kappa shape index (κ3) is 6.08. The lowest BCUT2D eigenvalue weighted by Crippen LogP contribution is -2.28. The van der Waals surface area contributed by atoms with Crippen LogP contribution in [0.1, 0.15) is 54.2 Å². The molecule has 0 radical (unpaired) electrons. The molecule has 2 N–H and O–H groups in total. The Labute approximate surface area is 213 Å². The van der Waals surface area contributed by atoms with Crippen molar-refractivity contribution in [3.63, 3.8) is 0 Å². The first-order valence-corrected chi connectivity index (χ1v) is 12.4. The van der Waals surface area contributed by atoms with Crippen LogP contribution in [0.3, 0.4) is 0 Å². The molecule has 1 amide bonds. The number of methoxy groups -OCH3 is 2. The molecule has 192 valence electrons. The Morgan fingerprint density at radius 3 is 2.17 bits per heavy atom. The standard InChI is InChI=1S/C29H36N2O5/c1-5-6-16-21-24(25-22(35-3)17-12-18-23(25)36-4)27(32)26(28(33)30-21)29(34)31(2)19-11-10-15-20-13-8-7-9-14-20/h7-9,12-14,17-18H,5-6,10-11,15-16,19H2,1-4H3,(H2,30,32,33). The van der Waals surface area contributed by atoms with Crippen molar-refractivity contribution >= 4 is 5.91 Å². The summed E-state index contributed by atoms with van der Waals surface area (Å²) in [7, 11) is 4.73. The van der Waals surface area contributed by atoms with E-state index in [4.69, 9.17) is 9.47 Å². The summed E-state index contributed by atoms with van der Waals surface area (Å²) in [5, 5.41) is 22.2. The Kier molecular flexibility index (Phi) is 9.56. The summed E-state index contributed by atoms with van der Waals surface area (Å²) in [6.45, 7) is 2.53. The summed E-state index contributed by atoms with van der Waals surface area (Å²) in [6.07, 6.45) is 4.83. The second kappa shape index (κ2) is 12.8. The van der Waals surface area contributed by atoms with E-state index in [0.717, 1.165) is 32.1 Å². The van der Waals surface area contributed by atoms with Gasteiger partial charge >= 0.3 is 0 Å². The number of benzene rings is 2. The highest BCUT2D eigenvalue weighted by molar-refractivity contribution is 6.02. The first-order chi connectivity index (χ1) is 17.4. The molecule has 2 aromatic carbocycles. The Balaban J connectivity index is 1.94. The maximum Gasteiger partial charge on any atom is 0.262 e. The minimum absolute atomic E-state index is 0.219. The highest BCUT2D eigenvalue weighted by Gasteiger charge is 2.29. The van der Waals surface area contributed by atoms with Crippen molar-refractivity contribution in [1.29, 1.82) is 0 Å². The normalized spacial score (nSPS) is 10.8. The molecule has 36 heavy (non-hydrogen) atoms. The van der Waals surface area contributed by atoms with Crippen LogP contribution in [0.15, 0.2) is 48.5 Å². The number of aromatic hydroxyl groups is 2. The van der Waals surface area contributed by atoms with Gasteiger partial charge in [-0.25, -0.2) is 4.98 Å². The maximum absolute atomic E-state index is 13.4. The molecular formula is C29H36N2O5. The van der Waals surface area contributed by atoms with Crippen molar-refractivity contribution < 1.29 is 24.5 Å². The number of nitrogens with zero attached hydrogens (tertiary/aromatic N) is 2. The summed E-state index contributed by atoms with van der Waals surface area (Å²) in [5.41, 5.74) is 2.36. The number of unbranched alkanes of at least 4 members (excludes halogenated alkanes) is 2. The van der Waals surface area contributed by atoms with E-state index in [-0.39, 0.29) is 11.3 Å². The second-order valence-corrected chi connectivity index (χ2v) is 8.79.